The van der Waals surface area contributed by atoms with Crippen LogP contribution in [0.25, 0.3) is 0 Å². The summed E-state index contributed by atoms with van der Waals surface area (Å²) in [7, 11) is 2.06. The highest BCUT2D eigenvalue weighted by Crippen LogP contribution is 2.48. The quantitative estimate of drug-likeness (QED) is 0.632. The zero-order valence-corrected chi connectivity index (χ0v) is 11.9. The van der Waals surface area contributed by atoms with Crippen LogP contribution in [0.1, 0.15) is 25.7 Å². The molecule has 1 saturated heterocycles. The number of nitrogens with zero attached hydrogens (tertiary/aromatic N) is 1. The minimum absolute atomic E-state index is 0.0292. The first-order valence-electron chi connectivity index (χ1n) is 7.28. The number of rotatable bonds is 5. The molecule has 0 aromatic rings. The molecule has 0 radical (unpaired) electrons. The van der Waals surface area contributed by atoms with E-state index in [0.29, 0.717) is 6.04 Å². The van der Waals surface area contributed by atoms with E-state index in [2.05, 4.69) is 11.9 Å². The molecule has 1 saturated carbocycles. The molecule has 0 amide bonds. The van der Waals surface area contributed by atoms with Gasteiger partial charge in [-0.25, -0.2) is 0 Å². The SMILES string of the molecule is CB(O)CCCC1CC2C(CCN2C)C1(N)C(=O)O. The number of likely N-dealkylation sites (tertiary alicyclic amines) is 1. The first-order valence-corrected chi connectivity index (χ1v) is 7.28. The van der Waals surface area contributed by atoms with Crippen molar-refractivity contribution in [2.45, 2.75) is 50.4 Å². The molecule has 4 unspecified atom stereocenters. The molecule has 2 rings (SSSR count). The number of fused-ring (bicyclic) bond motifs is 1. The van der Waals surface area contributed by atoms with Gasteiger partial charge in [0.05, 0.1) is 0 Å². The van der Waals surface area contributed by atoms with Gasteiger partial charge < -0.3 is 20.8 Å². The van der Waals surface area contributed by atoms with Crippen LogP contribution in [-0.2, 0) is 4.79 Å². The molecule has 4 atom stereocenters. The maximum atomic E-state index is 11.7. The number of aliphatic carboxylic acids is 1. The minimum Gasteiger partial charge on any atom is -0.480 e. The zero-order valence-electron chi connectivity index (χ0n) is 11.9. The highest BCUT2D eigenvalue weighted by Gasteiger charge is 2.59. The van der Waals surface area contributed by atoms with Crippen LogP contribution in [-0.4, -0.2) is 53.1 Å². The van der Waals surface area contributed by atoms with E-state index in [1.807, 2.05) is 0 Å². The van der Waals surface area contributed by atoms with Gasteiger partial charge in [0, 0.05) is 12.0 Å². The molecule has 19 heavy (non-hydrogen) atoms. The van der Waals surface area contributed by atoms with Crippen LogP contribution >= 0.6 is 0 Å². The van der Waals surface area contributed by atoms with Gasteiger partial charge in [0.15, 0.2) is 0 Å². The predicted octanol–water partition coefficient (Wildman–Crippen LogP) is 0.503. The molecule has 4 N–H and O–H groups in total. The Labute approximate surface area is 115 Å². The van der Waals surface area contributed by atoms with Crippen LogP contribution in [0.2, 0.25) is 13.1 Å². The third-order valence-electron chi connectivity index (χ3n) is 5.18. The molecule has 5 nitrogen and oxygen atoms in total. The molecule has 2 fully saturated rings. The number of carboxylic acid groups (broad SMARTS) is 1. The Kier molecular flexibility index (Phi) is 4.23. The van der Waals surface area contributed by atoms with Crippen molar-refractivity contribution >= 4 is 12.9 Å². The molecule has 6 heteroatoms. The van der Waals surface area contributed by atoms with E-state index in [1.54, 1.807) is 6.82 Å². The second kappa shape index (κ2) is 5.42. The smallest absolute Gasteiger partial charge is 0.324 e. The van der Waals surface area contributed by atoms with Crippen molar-refractivity contribution in [1.82, 2.24) is 4.90 Å². The van der Waals surface area contributed by atoms with Gasteiger partial charge >= 0.3 is 5.97 Å². The van der Waals surface area contributed by atoms with Gasteiger partial charge in [-0.15, -0.1) is 0 Å². The van der Waals surface area contributed by atoms with Gasteiger partial charge in [-0.1, -0.05) is 13.2 Å². The number of carbonyl (C=O) groups is 1. The fourth-order valence-electron chi connectivity index (χ4n) is 4.05. The molecule has 1 heterocycles. The van der Waals surface area contributed by atoms with Crippen LogP contribution in [0, 0.1) is 11.8 Å². The van der Waals surface area contributed by atoms with E-state index in [-0.39, 0.29) is 18.8 Å². The molecule has 0 bridgehead atoms. The lowest BCUT2D eigenvalue weighted by atomic mass is 9.66. The van der Waals surface area contributed by atoms with Crippen LogP contribution in [0.15, 0.2) is 0 Å². The maximum absolute atomic E-state index is 11.7. The number of hydrogen-bond donors (Lipinski definition) is 3. The zero-order chi connectivity index (χ0) is 14.2. The summed E-state index contributed by atoms with van der Waals surface area (Å²) < 4.78 is 0. The lowest BCUT2D eigenvalue weighted by Gasteiger charge is -2.31. The van der Waals surface area contributed by atoms with E-state index >= 15 is 0 Å². The molecule has 1 aliphatic heterocycles. The highest BCUT2D eigenvalue weighted by atomic mass is 16.4. The van der Waals surface area contributed by atoms with Crippen molar-refractivity contribution in [1.29, 1.82) is 0 Å². The lowest BCUT2D eigenvalue weighted by molar-refractivity contribution is -0.146. The first kappa shape index (κ1) is 14.8. The maximum Gasteiger partial charge on any atom is 0.324 e. The van der Waals surface area contributed by atoms with Gasteiger partial charge in [-0.05, 0) is 45.1 Å². The topological polar surface area (TPSA) is 86.8 Å². The monoisotopic (exact) mass is 268 g/mol. The standard InChI is InChI=1S/C13H25BN2O3/c1-14(19)6-3-4-9-8-11-10(5-7-16(11)2)13(9,15)12(17)18/h9-11,19H,3-8,15H2,1-2H3,(H,17,18). The molecule has 0 aromatic heterocycles. The van der Waals surface area contributed by atoms with Gasteiger partial charge in [0.1, 0.15) is 5.54 Å². The summed E-state index contributed by atoms with van der Waals surface area (Å²) in [5.74, 6) is -0.745. The van der Waals surface area contributed by atoms with E-state index in [0.717, 1.165) is 38.5 Å². The lowest BCUT2D eigenvalue weighted by Crippen LogP contribution is -2.56. The van der Waals surface area contributed by atoms with Crippen molar-refractivity contribution in [3.8, 4) is 0 Å². The summed E-state index contributed by atoms with van der Waals surface area (Å²) in [6, 6.07) is 0.317. The van der Waals surface area contributed by atoms with Crippen molar-refractivity contribution in [2.24, 2.45) is 17.6 Å². The Hall–Kier alpha value is -0.585. The third-order valence-corrected chi connectivity index (χ3v) is 5.18. The summed E-state index contributed by atoms with van der Waals surface area (Å²) in [6.07, 6.45) is 4.13. The van der Waals surface area contributed by atoms with E-state index in [9.17, 15) is 14.9 Å². The van der Waals surface area contributed by atoms with Crippen molar-refractivity contribution in [3.05, 3.63) is 0 Å². The Balaban J connectivity index is 2.07. The predicted molar refractivity (Wildman–Crippen MR) is 75.1 cm³/mol. The average molecular weight is 268 g/mol. The molecule has 0 spiro atoms. The Morgan fingerprint density at radius 2 is 2.26 bits per heavy atom. The summed E-state index contributed by atoms with van der Waals surface area (Å²) in [5.41, 5.74) is 5.25. The van der Waals surface area contributed by atoms with Crippen molar-refractivity contribution in [3.63, 3.8) is 0 Å². The second-order valence-corrected chi connectivity index (χ2v) is 6.39. The molecular formula is C13H25BN2O3. The number of nitrogens with two attached hydrogens (primary N) is 1. The van der Waals surface area contributed by atoms with Gasteiger partial charge in [0.25, 0.3) is 6.92 Å². The molecule has 1 aliphatic carbocycles. The largest absolute Gasteiger partial charge is 0.480 e. The van der Waals surface area contributed by atoms with Gasteiger partial charge in [-0.3, -0.25) is 4.79 Å². The van der Waals surface area contributed by atoms with Gasteiger partial charge in [-0.2, -0.15) is 0 Å². The third kappa shape index (κ3) is 2.53. The fourth-order valence-corrected chi connectivity index (χ4v) is 4.05. The Morgan fingerprint density at radius 1 is 1.58 bits per heavy atom. The summed E-state index contributed by atoms with van der Waals surface area (Å²) in [4.78, 5) is 13.9. The normalized spacial score (nSPS) is 38.4. The highest BCUT2D eigenvalue weighted by molar-refractivity contribution is 6.48. The summed E-state index contributed by atoms with van der Waals surface area (Å²) in [5, 5.41) is 18.9. The van der Waals surface area contributed by atoms with Crippen LogP contribution in [0.3, 0.4) is 0 Å². The second-order valence-electron chi connectivity index (χ2n) is 6.39. The summed E-state index contributed by atoms with van der Waals surface area (Å²) >= 11 is 0. The van der Waals surface area contributed by atoms with Crippen molar-refractivity contribution in [2.75, 3.05) is 13.6 Å². The van der Waals surface area contributed by atoms with E-state index in [1.165, 1.54) is 0 Å². The molecule has 2 aliphatic rings. The molecule has 108 valence electrons. The van der Waals surface area contributed by atoms with Crippen LogP contribution < -0.4 is 5.73 Å². The number of carboxylic acids is 1. The molecular weight excluding hydrogens is 243 g/mol. The Morgan fingerprint density at radius 3 is 2.84 bits per heavy atom. The first-order chi connectivity index (χ1) is 8.87. The van der Waals surface area contributed by atoms with Crippen LogP contribution in [0.5, 0.6) is 0 Å². The fraction of sp³-hybridized carbons (Fsp3) is 0.923. The van der Waals surface area contributed by atoms with Gasteiger partial charge in [0.2, 0.25) is 0 Å². The van der Waals surface area contributed by atoms with E-state index < -0.39 is 11.5 Å². The summed E-state index contributed by atoms with van der Waals surface area (Å²) in [6.45, 7) is 2.40. The average Bonchev–Trinajstić information content (AvgIpc) is 2.81. The number of hydrogen-bond acceptors (Lipinski definition) is 4. The van der Waals surface area contributed by atoms with Crippen LogP contribution in [0.4, 0.5) is 0 Å². The molecule has 0 aromatic carbocycles. The Bertz CT molecular complexity index is 353. The minimum atomic E-state index is -1.08. The van der Waals surface area contributed by atoms with Crippen molar-refractivity contribution < 1.29 is 14.9 Å². The van der Waals surface area contributed by atoms with E-state index in [4.69, 9.17) is 5.73 Å².